The van der Waals surface area contributed by atoms with E-state index in [2.05, 4.69) is 23.2 Å². The number of hydrogen-bond donors (Lipinski definition) is 0. The van der Waals surface area contributed by atoms with E-state index >= 15 is 0 Å². The first-order valence-corrected chi connectivity index (χ1v) is 9.83. The Hall–Kier alpha value is -3.68. The van der Waals surface area contributed by atoms with Crippen molar-refractivity contribution in [3.8, 4) is 22.9 Å². The largest absolute Gasteiger partial charge is 0.496 e. The fraction of sp³-hybridized carbons (Fsp3) is 0.154. The number of para-hydroxylation sites is 1. The molecule has 4 heteroatoms. The quantitative estimate of drug-likeness (QED) is 0.505. The average molecular weight is 394 g/mol. The molecular weight excluding hydrogens is 372 g/mol. The molecule has 0 saturated heterocycles. The van der Waals surface area contributed by atoms with Crippen molar-refractivity contribution in [2.45, 2.75) is 19.1 Å². The Labute approximate surface area is 176 Å². The summed E-state index contributed by atoms with van der Waals surface area (Å²) >= 11 is 0. The van der Waals surface area contributed by atoms with Crippen LogP contribution in [0.1, 0.15) is 29.2 Å². The summed E-state index contributed by atoms with van der Waals surface area (Å²) in [6, 6.07) is 26.0. The zero-order chi connectivity index (χ0) is 20.8. The molecule has 1 heterocycles. The molecule has 0 radical (unpaired) electrons. The van der Waals surface area contributed by atoms with E-state index in [1.165, 1.54) is 0 Å². The molecule has 1 atom stereocenters. The van der Waals surface area contributed by atoms with Crippen LogP contribution in [0, 0.1) is 11.3 Å². The van der Waals surface area contributed by atoms with Crippen molar-refractivity contribution in [2.24, 2.45) is 4.99 Å². The third-order valence-electron chi connectivity index (χ3n) is 5.13. The fourth-order valence-corrected chi connectivity index (χ4v) is 3.62. The van der Waals surface area contributed by atoms with Crippen molar-refractivity contribution in [1.29, 1.82) is 5.26 Å². The average Bonchev–Trinajstić information content (AvgIpc) is 3.34. The lowest BCUT2D eigenvalue weighted by Crippen LogP contribution is -2.08. The van der Waals surface area contributed by atoms with E-state index < -0.39 is 0 Å². The number of aliphatic imine (C=N–C) groups is 1. The second kappa shape index (κ2) is 9.21. The zero-order valence-electron chi connectivity index (χ0n) is 16.8. The minimum Gasteiger partial charge on any atom is -0.496 e. The van der Waals surface area contributed by atoms with Crippen LogP contribution in [-0.2, 0) is 11.3 Å². The van der Waals surface area contributed by atoms with Gasteiger partial charge in [0.15, 0.2) is 0 Å². The minimum atomic E-state index is -0.242. The zero-order valence-corrected chi connectivity index (χ0v) is 16.8. The molecule has 4 nitrogen and oxygen atoms in total. The van der Waals surface area contributed by atoms with Crippen molar-refractivity contribution in [2.75, 3.05) is 7.11 Å². The Morgan fingerprint density at radius 3 is 2.53 bits per heavy atom. The molecule has 0 amide bonds. The van der Waals surface area contributed by atoms with E-state index in [9.17, 15) is 5.26 Å². The SMILES string of the molecule is COc1ccccc1-c1cc(C(OCc2ccccc2)C2=CN=CC2)ccc1C#N. The summed E-state index contributed by atoms with van der Waals surface area (Å²) < 4.78 is 11.9. The predicted molar refractivity (Wildman–Crippen MR) is 118 cm³/mol. The summed E-state index contributed by atoms with van der Waals surface area (Å²) in [7, 11) is 1.64. The Morgan fingerprint density at radius 1 is 1.00 bits per heavy atom. The minimum absolute atomic E-state index is 0.242. The monoisotopic (exact) mass is 394 g/mol. The molecule has 0 N–H and O–H groups in total. The highest BCUT2D eigenvalue weighted by molar-refractivity contribution is 5.76. The lowest BCUT2D eigenvalue weighted by molar-refractivity contribution is 0.0633. The second-order valence-corrected chi connectivity index (χ2v) is 7.03. The van der Waals surface area contributed by atoms with Crippen molar-refractivity contribution < 1.29 is 9.47 Å². The van der Waals surface area contributed by atoms with E-state index in [1.54, 1.807) is 7.11 Å². The van der Waals surface area contributed by atoms with Gasteiger partial charge in [-0.3, -0.25) is 4.99 Å². The summed E-state index contributed by atoms with van der Waals surface area (Å²) in [4.78, 5) is 4.27. The van der Waals surface area contributed by atoms with Crippen molar-refractivity contribution in [3.63, 3.8) is 0 Å². The van der Waals surface area contributed by atoms with Gasteiger partial charge in [0.1, 0.15) is 11.9 Å². The van der Waals surface area contributed by atoms with Gasteiger partial charge >= 0.3 is 0 Å². The number of ether oxygens (including phenoxy) is 2. The molecule has 148 valence electrons. The lowest BCUT2D eigenvalue weighted by atomic mass is 9.93. The maximum atomic E-state index is 9.68. The molecule has 0 spiro atoms. The first-order valence-electron chi connectivity index (χ1n) is 9.83. The molecule has 1 aliphatic rings. The van der Waals surface area contributed by atoms with Gasteiger partial charge in [-0.25, -0.2) is 0 Å². The van der Waals surface area contributed by atoms with Crippen LogP contribution in [0.3, 0.4) is 0 Å². The third-order valence-corrected chi connectivity index (χ3v) is 5.13. The van der Waals surface area contributed by atoms with Gasteiger partial charge in [0, 0.05) is 30.0 Å². The van der Waals surface area contributed by atoms with Crippen LogP contribution in [0.25, 0.3) is 11.1 Å². The van der Waals surface area contributed by atoms with E-state index in [4.69, 9.17) is 9.47 Å². The molecule has 0 fully saturated rings. The Morgan fingerprint density at radius 2 is 1.80 bits per heavy atom. The van der Waals surface area contributed by atoms with Gasteiger partial charge in [0.2, 0.25) is 0 Å². The van der Waals surface area contributed by atoms with Crippen LogP contribution in [-0.4, -0.2) is 13.3 Å². The van der Waals surface area contributed by atoms with Gasteiger partial charge in [-0.2, -0.15) is 5.26 Å². The van der Waals surface area contributed by atoms with Crippen LogP contribution in [0.4, 0.5) is 0 Å². The maximum absolute atomic E-state index is 9.68. The van der Waals surface area contributed by atoms with Gasteiger partial charge in [-0.15, -0.1) is 0 Å². The summed E-state index contributed by atoms with van der Waals surface area (Å²) in [5, 5.41) is 9.68. The smallest absolute Gasteiger partial charge is 0.126 e. The molecule has 1 aliphatic heterocycles. The van der Waals surface area contributed by atoms with Crippen LogP contribution in [0.15, 0.2) is 89.6 Å². The van der Waals surface area contributed by atoms with Gasteiger partial charge in [0.25, 0.3) is 0 Å². The summed E-state index contributed by atoms with van der Waals surface area (Å²) in [6.45, 7) is 0.493. The number of nitriles is 1. The first kappa shape index (κ1) is 19.6. The van der Waals surface area contributed by atoms with Crippen LogP contribution >= 0.6 is 0 Å². The van der Waals surface area contributed by atoms with Crippen molar-refractivity contribution in [3.05, 3.63) is 101 Å². The standard InChI is InChI=1S/C26H22N2O2/c1-29-25-10-6-5-9-23(25)24-15-20(11-12-21(24)16-27)26(22-13-14-28-17-22)30-18-19-7-3-2-4-8-19/h2-12,14-15,17,26H,13,18H2,1H3. The molecule has 0 aromatic heterocycles. The maximum Gasteiger partial charge on any atom is 0.126 e. The number of rotatable bonds is 7. The Bertz CT molecular complexity index is 1130. The molecule has 0 saturated carbocycles. The van der Waals surface area contributed by atoms with E-state index in [1.807, 2.05) is 73.1 Å². The molecule has 4 rings (SSSR count). The fourth-order valence-electron chi connectivity index (χ4n) is 3.62. The van der Waals surface area contributed by atoms with Gasteiger partial charge < -0.3 is 9.47 Å². The molecule has 3 aromatic carbocycles. The van der Waals surface area contributed by atoms with E-state index in [0.29, 0.717) is 12.2 Å². The molecule has 0 aliphatic carbocycles. The molecule has 1 unspecified atom stereocenters. The number of benzene rings is 3. The number of methoxy groups -OCH3 is 1. The van der Waals surface area contributed by atoms with E-state index in [-0.39, 0.29) is 6.10 Å². The predicted octanol–water partition coefficient (Wildman–Crippen LogP) is 5.85. The number of nitrogens with zero attached hydrogens (tertiary/aromatic N) is 2. The Kier molecular flexibility index (Phi) is 6.03. The van der Waals surface area contributed by atoms with Crippen LogP contribution in [0.2, 0.25) is 0 Å². The van der Waals surface area contributed by atoms with Gasteiger partial charge in [-0.05, 0) is 34.9 Å². The highest BCUT2D eigenvalue weighted by Gasteiger charge is 2.21. The Balaban J connectivity index is 1.73. The highest BCUT2D eigenvalue weighted by Crippen LogP contribution is 2.37. The summed E-state index contributed by atoms with van der Waals surface area (Å²) in [5.74, 6) is 0.733. The topological polar surface area (TPSA) is 54.6 Å². The first-order chi connectivity index (χ1) is 14.8. The highest BCUT2D eigenvalue weighted by atomic mass is 16.5. The molecule has 3 aromatic rings. The normalized spacial score (nSPS) is 13.5. The summed E-state index contributed by atoms with van der Waals surface area (Å²) in [6.07, 6.45) is 4.27. The number of hydrogen-bond acceptors (Lipinski definition) is 4. The lowest BCUT2D eigenvalue weighted by Gasteiger charge is -2.21. The third kappa shape index (κ3) is 4.17. The van der Waals surface area contributed by atoms with Crippen molar-refractivity contribution in [1.82, 2.24) is 0 Å². The van der Waals surface area contributed by atoms with Gasteiger partial charge in [-0.1, -0.05) is 54.6 Å². The molecule has 0 bridgehead atoms. The summed E-state index contributed by atoms with van der Waals surface area (Å²) in [5.41, 5.74) is 5.52. The van der Waals surface area contributed by atoms with Gasteiger partial charge in [0.05, 0.1) is 25.3 Å². The van der Waals surface area contributed by atoms with Crippen molar-refractivity contribution >= 4 is 6.21 Å². The molecular formula is C26H22N2O2. The van der Waals surface area contributed by atoms with Crippen LogP contribution in [0.5, 0.6) is 5.75 Å². The van der Waals surface area contributed by atoms with Crippen LogP contribution < -0.4 is 4.74 Å². The molecule has 30 heavy (non-hydrogen) atoms. The van der Waals surface area contributed by atoms with E-state index in [0.717, 1.165) is 40.0 Å². The second-order valence-electron chi connectivity index (χ2n) is 7.03.